The summed E-state index contributed by atoms with van der Waals surface area (Å²) in [7, 11) is -4.18. The van der Waals surface area contributed by atoms with E-state index in [0.717, 1.165) is 35.7 Å². The van der Waals surface area contributed by atoms with Crippen molar-refractivity contribution < 1.29 is 17.8 Å². The Balaban J connectivity index is 1.41. The van der Waals surface area contributed by atoms with Crippen LogP contribution >= 0.6 is 0 Å². The van der Waals surface area contributed by atoms with E-state index in [1.54, 1.807) is 30.0 Å². The molecule has 0 aromatic carbocycles. The lowest BCUT2D eigenvalue weighted by atomic mass is 10.0. The van der Waals surface area contributed by atoms with Gasteiger partial charge in [0.25, 0.3) is 5.56 Å². The van der Waals surface area contributed by atoms with Crippen molar-refractivity contribution >= 4 is 44.6 Å². The molecule has 4 heterocycles. The van der Waals surface area contributed by atoms with Crippen molar-refractivity contribution in [2.75, 3.05) is 36.4 Å². The molecule has 2 fully saturated rings. The number of aromatic nitrogens is 4. The first-order chi connectivity index (χ1) is 17.6. The van der Waals surface area contributed by atoms with Crippen molar-refractivity contribution in [2.24, 2.45) is 0 Å². The van der Waals surface area contributed by atoms with E-state index in [0.29, 0.717) is 35.5 Å². The van der Waals surface area contributed by atoms with Crippen LogP contribution in [0.3, 0.4) is 0 Å². The van der Waals surface area contributed by atoms with Gasteiger partial charge < -0.3 is 10.2 Å². The molecule has 0 atom stereocenters. The van der Waals surface area contributed by atoms with Crippen LogP contribution in [-0.4, -0.2) is 68.8 Å². The summed E-state index contributed by atoms with van der Waals surface area (Å²) in [5.41, 5.74) is 1.81. The molecule has 0 amide bonds. The molecule has 196 valence electrons. The van der Waals surface area contributed by atoms with Gasteiger partial charge in [-0.25, -0.2) is 9.97 Å². The Bertz CT molecular complexity index is 1510. The van der Waals surface area contributed by atoms with E-state index in [4.69, 9.17) is 0 Å². The highest BCUT2D eigenvalue weighted by atomic mass is 32.2. The number of carbonyl (C=O) groups excluding carboxylic acids is 1. The van der Waals surface area contributed by atoms with E-state index in [9.17, 15) is 22.6 Å². The largest absolute Gasteiger partial charge is 0.368 e. The second-order valence-electron chi connectivity index (χ2n) is 9.49. The van der Waals surface area contributed by atoms with Gasteiger partial charge >= 0.3 is 10.3 Å². The first-order valence-electron chi connectivity index (χ1n) is 12.3. The Morgan fingerprint density at radius 2 is 1.78 bits per heavy atom. The molecule has 5 rings (SSSR count). The quantitative estimate of drug-likeness (QED) is 0.361. The predicted molar refractivity (Wildman–Crippen MR) is 139 cm³/mol. The molecule has 1 saturated heterocycles. The number of nitrogens with one attached hydrogen (secondary N) is 1. The lowest BCUT2D eigenvalue weighted by Crippen LogP contribution is -2.48. The van der Waals surface area contributed by atoms with Crippen LogP contribution in [0.15, 0.2) is 29.3 Å². The summed E-state index contributed by atoms with van der Waals surface area (Å²) < 4.78 is 34.5. The molecule has 1 aliphatic heterocycles. The lowest BCUT2D eigenvalue weighted by Gasteiger charge is -2.33. The molecular weight excluding hydrogens is 498 g/mol. The summed E-state index contributed by atoms with van der Waals surface area (Å²) in [5.74, 6) is 0.532. The predicted octanol–water partition coefficient (Wildman–Crippen LogP) is 2.48. The molecule has 0 spiro atoms. The van der Waals surface area contributed by atoms with Gasteiger partial charge in [0.1, 0.15) is 11.5 Å². The highest BCUT2D eigenvalue weighted by Crippen LogP contribution is 2.32. The lowest BCUT2D eigenvalue weighted by molar-refractivity contribution is 0.101. The van der Waals surface area contributed by atoms with Crippen LogP contribution in [0.1, 0.15) is 54.6 Å². The summed E-state index contributed by atoms with van der Waals surface area (Å²) in [6.45, 7) is 4.42. The van der Waals surface area contributed by atoms with Gasteiger partial charge in [0.15, 0.2) is 5.78 Å². The maximum Gasteiger partial charge on any atom is 0.336 e. The molecule has 3 aromatic rings. The van der Waals surface area contributed by atoms with Gasteiger partial charge in [0.2, 0.25) is 5.95 Å². The Labute approximate surface area is 214 Å². The zero-order chi connectivity index (χ0) is 26.3. The van der Waals surface area contributed by atoms with Gasteiger partial charge in [-0.15, -0.1) is 0 Å². The van der Waals surface area contributed by atoms with E-state index in [-0.39, 0.29) is 42.0 Å². The molecule has 0 unspecified atom stereocenters. The van der Waals surface area contributed by atoms with Crippen molar-refractivity contribution in [1.82, 2.24) is 23.8 Å². The minimum absolute atomic E-state index is 0.00449. The monoisotopic (exact) mass is 527 g/mol. The summed E-state index contributed by atoms with van der Waals surface area (Å²) in [4.78, 5) is 41.2. The average molecular weight is 528 g/mol. The normalized spacial score (nSPS) is 17.4. The maximum absolute atomic E-state index is 13.4. The third-order valence-electron chi connectivity index (χ3n) is 7.17. The number of rotatable bonds is 6. The van der Waals surface area contributed by atoms with E-state index >= 15 is 0 Å². The third-order valence-corrected chi connectivity index (χ3v) is 8.19. The number of carbonyl (C=O) groups is 1. The van der Waals surface area contributed by atoms with E-state index in [2.05, 4.69) is 20.3 Å². The zero-order valence-electron chi connectivity index (χ0n) is 20.7. The van der Waals surface area contributed by atoms with Crippen LogP contribution in [0.5, 0.6) is 0 Å². The highest BCUT2D eigenvalue weighted by molar-refractivity contribution is 7.83. The fourth-order valence-corrected chi connectivity index (χ4v) is 5.87. The van der Waals surface area contributed by atoms with Crippen molar-refractivity contribution in [1.29, 1.82) is 0 Å². The molecule has 0 bridgehead atoms. The van der Waals surface area contributed by atoms with Crippen LogP contribution in [0, 0.1) is 6.92 Å². The van der Waals surface area contributed by atoms with Gasteiger partial charge in [-0.1, -0.05) is 12.8 Å². The zero-order valence-corrected chi connectivity index (χ0v) is 21.5. The number of nitrogens with zero attached hydrogens (tertiary/aromatic N) is 6. The van der Waals surface area contributed by atoms with Gasteiger partial charge in [0.05, 0.1) is 17.4 Å². The molecule has 1 aliphatic carbocycles. The first kappa shape index (κ1) is 25.2. The van der Waals surface area contributed by atoms with Crippen molar-refractivity contribution in [3.05, 3.63) is 46.0 Å². The molecule has 0 radical (unpaired) electrons. The number of Topliss-reactive ketones (excluding diaryl/α,β-unsaturated/α-hetero) is 1. The summed E-state index contributed by atoms with van der Waals surface area (Å²) >= 11 is 0. The first-order valence-corrected chi connectivity index (χ1v) is 13.7. The van der Waals surface area contributed by atoms with Gasteiger partial charge in [-0.2, -0.15) is 17.7 Å². The van der Waals surface area contributed by atoms with E-state index in [1.807, 2.05) is 11.0 Å². The number of pyridine rings is 2. The minimum Gasteiger partial charge on any atom is -0.368 e. The number of ketones is 1. The van der Waals surface area contributed by atoms with Crippen LogP contribution in [0.2, 0.25) is 0 Å². The average Bonchev–Trinajstić information content (AvgIpc) is 3.38. The van der Waals surface area contributed by atoms with Crippen molar-refractivity contribution in [3.8, 4) is 0 Å². The van der Waals surface area contributed by atoms with Crippen LogP contribution in [0.4, 0.5) is 17.5 Å². The minimum atomic E-state index is -4.18. The van der Waals surface area contributed by atoms with E-state index < -0.39 is 10.3 Å². The van der Waals surface area contributed by atoms with Gasteiger partial charge in [0, 0.05) is 43.8 Å². The fraction of sp³-hybridized carbons (Fsp3) is 0.458. The van der Waals surface area contributed by atoms with Crippen LogP contribution in [-0.2, 0) is 10.3 Å². The van der Waals surface area contributed by atoms with Crippen molar-refractivity contribution in [3.63, 3.8) is 0 Å². The fourth-order valence-electron chi connectivity index (χ4n) is 5.25. The van der Waals surface area contributed by atoms with Crippen molar-refractivity contribution in [2.45, 2.75) is 45.6 Å². The molecule has 3 aromatic heterocycles. The second-order valence-corrected chi connectivity index (χ2v) is 10.9. The Hall–Kier alpha value is -3.42. The number of piperazine rings is 1. The SMILES string of the molecule is CC(=O)c1c(C)c2cnc(Nc3ccc(N4CCN(S(=O)(=O)O)CC4)cn3)nc2n(C2CCCC2)c1=O. The molecule has 2 aliphatic rings. The Morgan fingerprint density at radius 3 is 2.38 bits per heavy atom. The van der Waals surface area contributed by atoms with Crippen LogP contribution < -0.4 is 15.8 Å². The summed E-state index contributed by atoms with van der Waals surface area (Å²) in [6, 6.07) is 3.62. The molecule has 13 heteroatoms. The van der Waals surface area contributed by atoms with Gasteiger partial charge in [-0.3, -0.25) is 18.7 Å². The molecular formula is C24H29N7O5S. The Kier molecular flexibility index (Phi) is 6.68. The van der Waals surface area contributed by atoms with Gasteiger partial charge in [-0.05, 0) is 44.4 Å². The standard InChI is InChI=1S/C24H29N7O5S/c1-15-19-14-26-24(28-22(19)31(17-5-3-4-6-17)23(33)21(15)16(2)32)27-20-8-7-18(13-25-20)29-9-11-30(12-10-29)37(34,35)36/h7-8,13-14,17H,3-6,9-12H2,1-2H3,(H,34,35,36)(H,25,26,27,28). The molecule has 12 nitrogen and oxygen atoms in total. The smallest absolute Gasteiger partial charge is 0.336 e. The number of anilines is 3. The molecule has 2 N–H and O–H groups in total. The number of aryl methyl sites for hydroxylation is 1. The summed E-state index contributed by atoms with van der Waals surface area (Å²) in [6.07, 6.45) is 7.09. The number of hydrogen-bond acceptors (Lipinski definition) is 9. The van der Waals surface area contributed by atoms with E-state index in [1.165, 1.54) is 6.92 Å². The Morgan fingerprint density at radius 1 is 1.08 bits per heavy atom. The topological polar surface area (TPSA) is 151 Å². The summed E-state index contributed by atoms with van der Waals surface area (Å²) in [5, 5.41) is 3.77. The number of hydrogen-bond donors (Lipinski definition) is 2. The molecule has 37 heavy (non-hydrogen) atoms. The van der Waals surface area contributed by atoms with Crippen LogP contribution in [0.25, 0.3) is 11.0 Å². The third kappa shape index (κ3) is 4.93. The molecule has 1 saturated carbocycles. The second kappa shape index (κ2) is 9.80. The highest BCUT2D eigenvalue weighted by Gasteiger charge is 2.27. The number of fused-ring (bicyclic) bond motifs is 1. The maximum atomic E-state index is 13.4.